The largest absolute Gasteiger partial charge is 0.356 e. The third-order valence-corrected chi connectivity index (χ3v) is 5.06. The molecular formula is C23H26N4O3. The van der Waals surface area contributed by atoms with Crippen LogP contribution in [0.4, 0.5) is 5.69 Å². The average Bonchev–Trinajstić information content (AvgIpc) is 2.72. The molecule has 30 heavy (non-hydrogen) atoms. The van der Waals surface area contributed by atoms with Crippen molar-refractivity contribution in [2.24, 2.45) is 0 Å². The molecule has 1 aromatic heterocycles. The molecule has 1 heterocycles. The number of benzene rings is 2. The lowest BCUT2D eigenvalue weighted by Crippen LogP contribution is -2.32. The highest BCUT2D eigenvalue weighted by Gasteiger charge is 2.15. The number of hydrogen-bond donors (Lipinski definition) is 2. The van der Waals surface area contributed by atoms with Crippen molar-refractivity contribution in [3.63, 3.8) is 0 Å². The van der Waals surface area contributed by atoms with Crippen molar-refractivity contribution in [1.29, 1.82) is 0 Å². The Kier molecular flexibility index (Phi) is 6.61. The van der Waals surface area contributed by atoms with Crippen LogP contribution in [0.25, 0.3) is 11.0 Å². The number of hydrogen-bond acceptors (Lipinski definition) is 4. The zero-order valence-corrected chi connectivity index (χ0v) is 17.5. The Morgan fingerprint density at radius 2 is 1.80 bits per heavy atom. The lowest BCUT2D eigenvalue weighted by molar-refractivity contribution is -0.121. The molecular weight excluding hydrogens is 380 g/mol. The van der Waals surface area contributed by atoms with Gasteiger partial charge in [0.05, 0.1) is 11.0 Å². The predicted octanol–water partition coefficient (Wildman–Crippen LogP) is 2.72. The average molecular weight is 406 g/mol. The van der Waals surface area contributed by atoms with Gasteiger partial charge in [-0.25, -0.2) is 4.98 Å². The Morgan fingerprint density at radius 1 is 1.03 bits per heavy atom. The normalized spacial score (nSPS) is 10.8. The van der Waals surface area contributed by atoms with Crippen LogP contribution in [0, 0.1) is 13.8 Å². The number of anilines is 1. The van der Waals surface area contributed by atoms with Gasteiger partial charge in [-0.05, 0) is 50.1 Å². The molecule has 0 saturated heterocycles. The second-order valence-electron chi connectivity index (χ2n) is 7.19. The third-order valence-electron chi connectivity index (χ3n) is 5.06. The van der Waals surface area contributed by atoms with Crippen LogP contribution in [0.15, 0.2) is 47.3 Å². The van der Waals surface area contributed by atoms with Crippen molar-refractivity contribution in [2.45, 2.75) is 40.2 Å². The van der Waals surface area contributed by atoms with Crippen LogP contribution in [0.1, 0.15) is 30.2 Å². The van der Waals surface area contributed by atoms with Crippen LogP contribution in [-0.2, 0) is 22.6 Å². The number of nitrogens with one attached hydrogen (secondary N) is 2. The minimum absolute atomic E-state index is 0.133. The van der Waals surface area contributed by atoms with Gasteiger partial charge in [0.2, 0.25) is 11.8 Å². The summed E-state index contributed by atoms with van der Waals surface area (Å²) in [7, 11) is 0. The molecule has 2 amide bonds. The Morgan fingerprint density at radius 3 is 2.57 bits per heavy atom. The lowest BCUT2D eigenvalue weighted by Gasteiger charge is -2.14. The van der Waals surface area contributed by atoms with E-state index in [1.165, 1.54) is 4.57 Å². The molecule has 2 aromatic carbocycles. The van der Waals surface area contributed by atoms with E-state index >= 15 is 0 Å². The topological polar surface area (TPSA) is 93.1 Å². The highest BCUT2D eigenvalue weighted by Crippen LogP contribution is 2.18. The number of aryl methyl sites for hydroxylation is 2. The van der Waals surface area contributed by atoms with E-state index in [1.54, 1.807) is 18.2 Å². The van der Waals surface area contributed by atoms with Gasteiger partial charge in [-0.3, -0.25) is 19.0 Å². The standard InChI is InChI=1S/C23H26N4O3/c1-4-24-21(28)13-12-19-23(30)27(20-11-6-5-9-18(20)25-19)14-22(29)26-17-10-7-8-15(2)16(17)3/h5-11H,4,12-14H2,1-3H3,(H,24,28)(H,26,29). The number of carbonyl (C=O) groups excluding carboxylic acids is 2. The Hall–Kier alpha value is -3.48. The van der Waals surface area contributed by atoms with Gasteiger partial charge in [-0.2, -0.15) is 0 Å². The molecule has 7 nitrogen and oxygen atoms in total. The molecule has 0 aliphatic rings. The fourth-order valence-electron chi connectivity index (χ4n) is 3.30. The molecule has 3 aromatic rings. The summed E-state index contributed by atoms with van der Waals surface area (Å²) in [5, 5.41) is 5.61. The van der Waals surface area contributed by atoms with Gasteiger partial charge >= 0.3 is 0 Å². The van der Waals surface area contributed by atoms with Gasteiger partial charge in [0.1, 0.15) is 12.2 Å². The number of carbonyl (C=O) groups is 2. The highest BCUT2D eigenvalue weighted by molar-refractivity contribution is 5.92. The maximum absolute atomic E-state index is 13.1. The Balaban J connectivity index is 1.90. The molecule has 0 spiro atoms. The lowest BCUT2D eigenvalue weighted by atomic mass is 10.1. The maximum Gasteiger partial charge on any atom is 0.273 e. The molecule has 0 saturated carbocycles. The van der Waals surface area contributed by atoms with E-state index in [2.05, 4.69) is 15.6 Å². The SMILES string of the molecule is CCNC(=O)CCc1nc2ccccc2n(CC(=O)Nc2cccc(C)c2C)c1=O. The molecule has 0 unspecified atom stereocenters. The van der Waals surface area contributed by atoms with Crippen molar-refractivity contribution in [3.8, 4) is 0 Å². The van der Waals surface area contributed by atoms with Gasteiger partial charge in [0.25, 0.3) is 5.56 Å². The van der Waals surface area contributed by atoms with Gasteiger partial charge in [0.15, 0.2) is 0 Å². The molecule has 156 valence electrons. The monoisotopic (exact) mass is 406 g/mol. The van der Waals surface area contributed by atoms with E-state index in [-0.39, 0.29) is 42.5 Å². The highest BCUT2D eigenvalue weighted by atomic mass is 16.2. The van der Waals surface area contributed by atoms with Crippen LogP contribution in [0.2, 0.25) is 0 Å². The predicted molar refractivity (Wildman–Crippen MR) is 118 cm³/mol. The van der Waals surface area contributed by atoms with Crippen LogP contribution in [0.5, 0.6) is 0 Å². The summed E-state index contributed by atoms with van der Waals surface area (Å²) >= 11 is 0. The smallest absolute Gasteiger partial charge is 0.273 e. The van der Waals surface area contributed by atoms with Crippen molar-refractivity contribution < 1.29 is 9.59 Å². The van der Waals surface area contributed by atoms with E-state index in [4.69, 9.17) is 0 Å². The minimum Gasteiger partial charge on any atom is -0.356 e. The zero-order chi connectivity index (χ0) is 21.7. The van der Waals surface area contributed by atoms with Gasteiger partial charge < -0.3 is 10.6 Å². The number of amides is 2. The van der Waals surface area contributed by atoms with Crippen molar-refractivity contribution in [2.75, 3.05) is 11.9 Å². The third kappa shape index (κ3) is 4.74. The van der Waals surface area contributed by atoms with Gasteiger partial charge in [-0.1, -0.05) is 24.3 Å². The van der Waals surface area contributed by atoms with Crippen molar-refractivity contribution in [1.82, 2.24) is 14.9 Å². The fraction of sp³-hybridized carbons (Fsp3) is 0.304. The summed E-state index contributed by atoms with van der Waals surface area (Å²) in [6.07, 6.45) is 0.386. The number of fused-ring (bicyclic) bond motifs is 1. The summed E-state index contributed by atoms with van der Waals surface area (Å²) in [6.45, 7) is 6.16. The van der Waals surface area contributed by atoms with Crippen molar-refractivity contribution in [3.05, 3.63) is 69.6 Å². The van der Waals surface area contributed by atoms with Gasteiger partial charge in [-0.15, -0.1) is 0 Å². The summed E-state index contributed by atoms with van der Waals surface area (Å²) in [5.74, 6) is -0.428. The molecule has 2 N–H and O–H groups in total. The molecule has 0 aliphatic carbocycles. The first kappa shape index (κ1) is 21.2. The number of rotatable bonds is 7. The number of aromatic nitrogens is 2. The van der Waals surface area contributed by atoms with E-state index in [0.29, 0.717) is 17.6 Å². The van der Waals surface area contributed by atoms with Crippen LogP contribution >= 0.6 is 0 Å². The molecule has 0 aliphatic heterocycles. The van der Waals surface area contributed by atoms with E-state index in [1.807, 2.05) is 45.0 Å². The maximum atomic E-state index is 13.1. The molecule has 3 rings (SSSR count). The molecule has 0 fully saturated rings. The second kappa shape index (κ2) is 9.35. The van der Waals surface area contributed by atoms with E-state index in [9.17, 15) is 14.4 Å². The van der Waals surface area contributed by atoms with E-state index < -0.39 is 0 Å². The summed E-state index contributed by atoms with van der Waals surface area (Å²) in [5.41, 5.74) is 3.91. The van der Waals surface area contributed by atoms with Crippen LogP contribution < -0.4 is 16.2 Å². The van der Waals surface area contributed by atoms with E-state index in [0.717, 1.165) is 16.8 Å². The van der Waals surface area contributed by atoms with Crippen LogP contribution in [0.3, 0.4) is 0 Å². The zero-order valence-electron chi connectivity index (χ0n) is 17.5. The summed E-state index contributed by atoms with van der Waals surface area (Å²) in [4.78, 5) is 42.0. The first-order valence-corrected chi connectivity index (χ1v) is 10.0. The Bertz CT molecular complexity index is 1150. The quantitative estimate of drug-likeness (QED) is 0.631. The summed E-state index contributed by atoms with van der Waals surface area (Å²) in [6, 6.07) is 12.9. The summed E-state index contributed by atoms with van der Waals surface area (Å²) < 4.78 is 1.43. The number of para-hydroxylation sites is 2. The fourth-order valence-corrected chi connectivity index (χ4v) is 3.30. The van der Waals surface area contributed by atoms with Crippen molar-refractivity contribution >= 4 is 28.5 Å². The second-order valence-corrected chi connectivity index (χ2v) is 7.19. The molecule has 0 atom stereocenters. The first-order valence-electron chi connectivity index (χ1n) is 10.0. The number of nitrogens with zero attached hydrogens (tertiary/aromatic N) is 2. The minimum atomic E-state index is -0.353. The molecule has 0 radical (unpaired) electrons. The Labute approximate surface area is 175 Å². The van der Waals surface area contributed by atoms with Crippen LogP contribution in [-0.4, -0.2) is 27.9 Å². The molecule has 7 heteroatoms. The first-order chi connectivity index (χ1) is 14.4. The van der Waals surface area contributed by atoms with Gasteiger partial charge in [0, 0.05) is 25.1 Å². The molecule has 0 bridgehead atoms.